The number of carbonyl (C=O) groups excluding carboxylic acids is 2. The first kappa shape index (κ1) is 77.6. The molecule has 5 nitrogen and oxygen atoms in total. The molecular weight excluding hydrogens is 981 g/mol. The van der Waals surface area contributed by atoms with Gasteiger partial charge in [-0.3, -0.25) is 9.59 Å². The average Bonchev–Trinajstić information content (AvgIpc) is 3.46. The highest BCUT2D eigenvalue weighted by Gasteiger charge is 2.16. The lowest BCUT2D eigenvalue weighted by molar-refractivity contribution is -0.161. The second-order valence-electron chi connectivity index (χ2n) is 24.3. The number of esters is 2. The number of aliphatic hydroxyl groups is 1. The van der Waals surface area contributed by atoms with E-state index in [0.29, 0.717) is 12.8 Å². The number of hydrogen-bond donors (Lipinski definition) is 1. The molecule has 0 spiro atoms. The van der Waals surface area contributed by atoms with Crippen molar-refractivity contribution in [3.8, 4) is 0 Å². The Morgan fingerprint density at radius 3 is 0.750 bits per heavy atom. The van der Waals surface area contributed by atoms with Gasteiger partial charge in [-0.15, -0.1) is 0 Å². The van der Waals surface area contributed by atoms with E-state index in [1.165, 1.54) is 302 Å². The average molecular weight is 1120 g/mol. The molecule has 0 aliphatic heterocycles. The largest absolute Gasteiger partial charge is 0.462 e. The van der Waals surface area contributed by atoms with Gasteiger partial charge in [0.25, 0.3) is 0 Å². The van der Waals surface area contributed by atoms with Gasteiger partial charge < -0.3 is 14.6 Å². The van der Waals surface area contributed by atoms with Crippen molar-refractivity contribution in [2.75, 3.05) is 13.2 Å². The van der Waals surface area contributed by atoms with E-state index in [1.807, 2.05) is 0 Å². The van der Waals surface area contributed by atoms with Crippen molar-refractivity contribution in [3.05, 3.63) is 60.8 Å². The van der Waals surface area contributed by atoms with E-state index in [4.69, 9.17) is 9.47 Å². The molecule has 0 bridgehead atoms. The van der Waals surface area contributed by atoms with Gasteiger partial charge in [0, 0.05) is 12.8 Å². The minimum Gasteiger partial charge on any atom is -0.462 e. The van der Waals surface area contributed by atoms with Crippen LogP contribution in [-0.4, -0.2) is 36.4 Å². The highest BCUT2D eigenvalue weighted by atomic mass is 16.6. The summed E-state index contributed by atoms with van der Waals surface area (Å²) in [7, 11) is 0. The predicted molar refractivity (Wildman–Crippen MR) is 353 cm³/mol. The number of ether oxygens (including phenoxy) is 2. The highest BCUT2D eigenvalue weighted by Crippen LogP contribution is 2.19. The van der Waals surface area contributed by atoms with E-state index >= 15 is 0 Å². The van der Waals surface area contributed by atoms with Gasteiger partial charge in [-0.2, -0.15) is 0 Å². The molecular formula is C75H138O5. The Bertz CT molecular complexity index is 1360. The molecule has 0 rings (SSSR count). The van der Waals surface area contributed by atoms with Gasteiger partial charge in [0.15, 0.2) is 6.10 Å². The monoisotopic (exact) mass is 1120 g/mol. The molecule has 0 aliphatic carbocycles. The third-order valence-corrected chi connectivity index (χ3v) is 16.3. The van der Waals surface area contributed by atoms with Crippen molar-refractivity contribution < 1.29 is 24.2 Å². The van der Waals surface area contributed by atoms with Gasteiger partial charge in [-0.25, -0.2) is 0 Å². The van der Waals surface area contributed by atoms with Crippen LogP contribution < -0.4 is 0 Å². The summed E-state index contributed by atoms with van der Waals surface area (Å²) in [4.78, 5) is 24.6. The molecule has 0 aromatic heterocycles. The molecule has 468 valence electrons. The zero-order valence-corrected chi connectivity index (χ0v) is 53.9. The van der Waals surface area contributed by atoms with Crippen molar-refractivity contribution in [2.24, 2.45) is 0 Å². The number of rotatable bonds is 67. The summed E-state index contributed by atoms with van der Waals surface area (Å²) >= 11 is 0. The molecule has 0 fully saturated rings. The molecule has 0 saturated carbocycles. The fraction of sp³-hybridized carbons (Fsp3) is 0.840. The van der Waals surface area contributed by atoms with E-state index in [2.05, 4.69) is 74.6 Å². The topological polar surface area (TPSA) is 72.8 Å². The highest BCUT2D eigenvalue weighted by molar-refractivity contribution is 5.70. The van der Waals surface area contributed by atoms with Crippen LogP contribution >= 0.6 is 0 Å². The molecule has 1 unspecified atom stereocenters. The lowest BCUT2D eigenvalue weighted by Gasteiger charge is -2.15. The van der Waals surface area contributed by atoms with Crippen LogP contribution in [0.5, 0.6) is 0 Å². The Morgan fingerprint density at radius 1 is 0.287 bits per heavy atom. The van der Waals surface area contributed by atoms with Crippen LogP contribution in [0.25, 0.3) is 0 Å². The second-order valence-corrected chi connectivity index (χ2v) is 24.3. The maximum Gasteiger partial charge on any atom is 0.306 e. The molecule has 80 heavy (non-hydrogen) atoms. The van der Waals surface area contributed by atoms with Crippen LogP contribution in [0.1, 0.15) is 386 Å². The number of carbonyl (C=O) groups is 2. The van der Waals surface area contributed by atoms with E-state index in [9.17, 15) is 14.7 Å². The zero-order valence-electron chi connectivity index (χ0n) is 53.9. The maximum atomic E-state index is 12.4. The maximum absolute atomic E-state index is 12.4. The Balaban J connectivity index is 3.39. The third kappa shape index (κ3) is 68.1. The first-order valence-corrected chi connectivity index (χ1v) is 35.8. The van der Waals surface area contributed by atoms with Crippen LogP contribution in [0.4, 0.5) is 0 Å². The molecule has 1 N–H and O–H groups in total. The SMILES string of the molecule is CCCCCCC/C=C\C/C=C\C/C=C\CCCCCCCCCCCCCCCCCCCCCCCCCCCCC(=O)OC(CO)COC(=O)CCCCCCCCCCCCCCC/C=C\C/C=C\CCCCCCC. The minimum atomic E-state index is -0.772. The molecule has 0 heterocycles. The van der Waals surface area contributed by atoms with Crippen LogP contribution in [-0.2, 0) is 19.1 Å². The Morgan fingerprint density at radius 2 is 0.500 bits per heavy atom. The Kier molecular flexibility index (Phi) is 68.7. The summed E-state index contributed by atoms with van der Waals surface area (Å²) in [5.74, 6) is -0.571. The number of unbranched alkanes of at least 4 members (excludes halogenated alkanes) is 49. The fourth-order valence-electron chi connectivity index (χ4n) is 10.9. The Hall–Kier alpha value is -2.40. The van der Waals surface area contributed by atoms with Crippen molar-refractivity contribution in [1.82, 2.24) is 0 Å². The summed E-state index contributed by atoms with van der Waals surface area (Å²) in [6.07, 6.45) is 97.0. The van der Waals surface area contributed by atoms with E-state index in [1.54, 1.807) is 0 Å². The molecule has 0 amide bonds. The first-order chi connectivity index (χ1) is 39.6. The van der Waals surface area contributed by atoms with E-state index < -0.39 is 6.10 Å². The standard InChI is InChI=1S/C75H138O5/c1-3-5-7-9-11-13-15-17-19-21-23-25-27-29-30-31-32-33-34-35-36-37-38-39-40-41-42-43-44-46-48-50-52-54-56-58-60-62-64-66-68-70-75(78)80-73(71-76)72-79-74(77)69-67-65-63-61-59-57-55-53-51-49-47-45-28-26-24-22-20-18-16-14-12-10-8-6-4-2/h15-18,21-24,27,29,73,76H,3-14,19-20,25-26,28,30-72H2,1-2H3/b17-15-,18-16-,23-21-,24-22-,29-27-. The van der Waals surface area contributed by atoms with Gasteiger partial charge in [-0.05, 0) is 83.5 Å². The van der Waals surface area contributed by atoms with Crippen molar-refractivity contribution in [1.29, 1.82) is 0 Å². The van der Waals surface area contributed by atoms with Crippen molar-refractivity contribution >= 4 is 11.9 Å². The van der Waals surface area contributed by atoms with E-state index in [-0.39, 0.29) is 25.2 Å². The molecule has 5 heteroatoms. The van der Waals surface area contributed by atoms with E-state index in [0.717, 1.165) is 57.8 Å². The summed E-state index contributed by atoms with van der Waals surface area (Å²) in [6.45, 7) is 4.17. The summed E-state index contributed by atoms with van der Waals surface area (Å²) in [6, 6.07) is 0. The van der Waals surface area contributed by atoms with Crippen molar-refractivity contribution in [3.63, 3.8) is 0 Å². The van der Waals surface area contributed by atoms with Gasteiger partial charge in [0.2, 0.25) is 0 Å². The summed E-state index contributed by atoms with van der Waals surface area (Å²) in [5, 5.41) is 9.70. The smallest absolute Gasteiger partial charge is 0.306 e. The van der Waals surface area contributed by atoms with Crippen LogP contribution in [0.2, 0.25) is 0 Å². The van der Waals surface area contributed by atoms with Crippen molar-refractivity contribution in [2.45, 2.75) is 392 Å². The number of aliphatic hydroxyl groups excluding tert-OH is 1. The van der Waals surface area contributed by atoms with Gasteiger partial charge in [0.1, 0.15) is 6.61 Å². The lowest BCUT2D eigenvalue weighted by atomic mass is 10.0. The lowest BCUT2D eigenvalue weighted by Crippen LogP contribution is -2.28. The van der Waals surface area contributed by atoms with Crippen LogP contribution in [0.15, 0.2) is 60.8 Å². The summed E-state index contributed by atoms with van der Waals surface area (Å²) in [5.41, 5.74) is 0. The molecule has 0 aliphatic rings. The summed E-state index contributed by atoms with van der Waals surface area (Å²) < 4.78 is 10.8. The molecule has 0 aromatic rings. The molecule has 1 atom stereocenters. The third-order valence-electron chi connectivity index (χ3n) is 16.3. The van der Waals surface area contributed by atoms with Gasteiger partial charge in [-0.1, -0.05) is 351 Å². The quantitative estimate of drug-likeness (QED) is 0.0373. The van der Waals surface area contributed by atoms with Crippen LogP contribution in [0, 0.1) is 0 Å². The van der Waals surface area contributed by atoms with Crippen LogP contribution in [0.3, 0.4) is 0 Å². The zero-order chi connectivity index (χ0) is 57.6. The molecule has 0 aromatic carbocycles. The molecule has 0 radical (unpaired) electrons. The first-order valence-electron chi connectivity index (χ1n) is 35.8. The molecule has 0 saturated heterocycles. The minimum absolute atomic E-state index is 0.0622. The number of allylic oxidation sites excluding steroid dienone is 10. The Labute approximate surface area is 500 Å². The second kappa shape index (κ2) is 70.9. The normalized spacial score (nSPS) is 12.5. The van der Waals surface area contributed by atoms with Gasteiger partial charge in [0.05, 0.1) is 6.61 Å². The number of hydrogen-bond acceptors (Lipinski definition) is 5. The predicted octanol–water partition coefficient (Wildman–Crippen LogP) is 24.9. The van der Waals surface area contributed by atoms with Gasteiger partial charge >= 0.3 is 11.9 Å². The fourth-order valence-corrected chi connectivity index (χ4v) is 10.9.